The molecule has 4 rings (SSSR count). The minimum Gasteiger partial charge on any atom is -0.481 e. The Hall–Kier alpha value is -3.29. The molecule has 0 saturated carbocycles. The van der Waals surface area contributed by atoms with Gasteiger partial charge < -0.3 is 20.1 Å². The van der Waals surface area contributed by atoms with Crippen molar-refractivity contribution in [2.45, 2.75) is 37.0 Å². The van der Waals surface area contributed by atoms with Gasteiger partial charge in [-0.25, -0.2) is 23.2 Å². The number of ether oxygens (including phenoxy) is 2. The molecule has 2 aromatic heterocycles. The van der Waals surface area contributed by atoms with Crippen LogP contribution >= 0.6 is 23.6 Å². The number of hydrogen-bond donors (Lipinski definition) is 3. The summed E-state index contributed by atoms with van der Waals surface area (Å²) in [5.74, 6) is -0.0611. The molecule has 0 spiro atoms. The van der Waals surface area contributed by atoms with Crippen molar-refractivity contribution in [3.63, 3.8) is 0 Å². The fourth-order valence-electron chi connectivity index (χ4n) is 3.84. The number of nitrogens with zero attached hydrogens (tertiary/aromatic N) is 2. The summed E-state index contributed by atoms with van der Waals surface area (Å²) in [5, 5.41) is 7.08. The second-order valence-electron chi connectivity index (χ2n) is 7.91. The van der Waals surface area contributed by atoms with E-state index in [-0.39, 0.29) is 27.7 Å². The van der Waals surface area contributed by atoms with Gasteiger partial charge in [0.25, 0.3) is 10.0 Å². The van der Waals surface area contributed by atoms with Crippen LogP contribution in [0.15, 0.2) is 41.6 Å². The van der Waals surface area contributed by atoms with Crippen LogP contribution in [0.25, 0.3) is 0 Å². The van der Waals surface area contributed by atoms with Crippen LogP contribution in [0.3, 0.4) is 0 Å². The van der Waals surface area contributed by atoms with Crippen molar-refractivity contribution >= 4 is 61.2 Å². The number of carbonyl (C=O) groups excluding carboxylic acids is 1. The summed E-state index contributed by atoms with van der Waals surface area (Å²) in [6.45, 7) is 0. The van der Waals surface area contributed by atoms with E-state index in [4.69, 9.17) is 21.7 Å². The topological polar surface area (TPSA) is 132 Å². The van der Waals surface area contributed by atoms with Crippen LogP contribution in [-0.2, 0) is 27.6 Å². The number of thiophene rings is 1. The molecule has 0 unspecified atom stereocenters. The molecule has 3 N–H and O–H groups in total. The van der Waals surface area contributed by atoms with E-state index in [1.165, 1.54) is 55.0 Å². The van der Waals surface area contributed by atoms with Gasteiger partial charge in [0, 0.05) is 16.6 Å². The second kappa shape index (κ2) is 11.2. The van der Waals surface area contributed by atoms with Gasteiger partial charge in [-0.1, -0.05) is 6.42 Å². The molecular weight excluding hydrogens is 522 g/mol. The molecule has 36 heavy (non-hydrogen) atoms. The highest BCUT2D eigenvalue weighted by Crippen LogP contribution is 2.38. The van der Waals surface area contributed by atoms with E-state index in [0.717, 1.165) is 37.7 Å². The highest BCUT2D eigenvalue weighted by molar-refractivity contribution is 7.92. The number of benzene rings is 1. The van der Waals surface area contributed by atoms with Crippen molar-refractivity contribution in [2.24, 2.45) is 0 Å². The van der Waals surface area contributed by atoms with Crippen molar-refractivity contribution < 1.29 is 22.7 Å². The fraction of sp³-hybridized carbons (Fsp3) is 0.304. The number of thiocarbonyl (C=S) groups is 1. The number of methoxy groups -OCH3 is 2. The summed E-state index contributed by atoms with van der Waals surface area (Å²) in [5.41, 5.74) is 2.16. The number of nitrogens with one attached hydrogen (secondary N) is 3. The Morgan fingerprint density at radius 3 is 2.53 bits per heavy atom. The molecule has 1 aliphatic carbocycles. The highest BCUT2D eigenvalue weighted by Gasteiger charge is 2.26. The molecule has 0 atom stereocenters. The molecule has 0 radical (unpaired) electrons. The van der Waals surface area contributed by atoms with Gasteiger partial charge in [-0.2, -0.15) is 0 Å². The van der Waals surface area contributed by atoms with Gasteiger partial charge in [-0.3, -0.25) is 4.72 Å². The molecule has 190 valence electrons. The summed E-state index contributed by atoms with van der Waals surface area (Å²) < 4.78 is 37.8. The van der Waals surface area contributed by atoms with Crippen molar-refractivity contribution in [3.05, 3.63) is 52.7 Å². The van der Waals surface area contributed by atoms with Crippen molar-refractivity contribution in [2.75, 3.05) is 29.6 Å². The Bertz CT molecular complexity index is 1370. The third-order valence-electron chi connectivity index (χ3n) is 5.55. The first-order valence-corrected chi connectivity index (χ1v) is 13.8. The van der Waals surface area contributed by atoms with Crippen LogP contribution in [0.2, 0.25) is 0 Å². The maximum Gasteiger partial charge on any atom is 0.341 e. The monoisotopic (exact) mass is 547 g/mol. The fourth-order valence-corrected chi connectivity index (χ4v) is 6.40. The van der Waals surface area contributed by atoms with Crippen LogP contribution in [-0.4, -0.2) is 43.7 Å². The number of sulfonamides is 1. The molecule has 0 fully saturated rings. The number of carbonyl (C=O) groups is 1. The quantitative estimate of drug-likeness (QED) is 0.224. The Kier molecular flexibility index (Phi) is 8.01. The number of hydrogen-bond acceptors (Lipinski definition) is 9. The molecule has 1 aliphatic rings. The maximum absolute atomic E-state index is 12.7. The first-order valence-electron chi connectivity index (χ1n) is 11.1. The molecule has 0 bridgehead atoms. The highest BCUT2D eigenvalue weighted by atomic mass is 32.2. The predicted molar refractivity (Wildman–Crippen MR) is 143 cm³/mol. The minimum absolute atomic E-state index is 0.0412. The Balaban J connectivity index is 1.45. The van der Waals surface area contributed by atoms with Gasteiger partial charge in [0.2, 0.25) is 5.88 Å². The molecule has 13 heteroatoms. The van der Waals surface area contributed by atoms with Gasteiger partial charge in [-0.05, 0) is 67.7 Å². The molecule has 0 saturated heterocycles. The van der Waals surface area contributed by atoms with E-state index < -0.39 is 10.0 Å². The Morgan fingerprint density at radius 1 is 1.06 bits per heavy atom. The third kappa shape index (κ3) is 5.91. The van der Waals surface area contributed by atoms with Crippen molar-refractivity contribution in [1.29, 1.82) is 0 Å². The van der Waals surface area contributed by atoms with E-state index >= 15 is 0 Å². The lowest BCUT2D eigenvalue weighted by Crippen LogP contribution is -2.20. The SMILES string of the molecule is COC(=O)c1c(NC(=S)Nc2ccc(S(=O)(=O)Nc3cc(OC)ncn3)cc2)sc2c1CCCCC2. The number of aryl methyl sites for hydroxylation is 1. The average Bonchev–Trinajstić information content (AvgIpc) is 3.03. The predicted octanol–water partition coefficient (Wildman–Crippen LogP) is 4.21. The second-order valence-corrected chi connectivity index (χ2v) is 11.1. The molecule has 10 nitrogen and oxygen atoms in total. The molecule has 1 aromatic carbocycles. The number of esters is 1. The molecule has 2 heterocycles. The Labute approximate surface area is 218 Å². The minimum atomic E-state index is -3.88. The van der Waals surface area contributed by atoms with Crippen LogP contribution in [0.4, 0.5) is 16.5 Å². The third-order valence-corrected chi connectivity index (χ3v) is 8.33. The first-order chi connectivity index (χ1) is 17.3. The maximum atomic E-state index is 12.7. The first kappa shape index (κ1) is 25.8. The van der Waals surface area contributed by atoms with Crippen LogP contribution in [0, 0.1) is 0 Å². The van der Waals surface area contributed by atoms with Crippen LogP contribution in [0.1, 0.15) is 40.1 Å². The van der Waals surface area contributed by atoms with Gasteiger partial charge in [-0.15, -0.1) is 11.3 Å². The van der Waals surface area contributed by atoms with Gasteiger partial charge in [0.05, 0.1) is 24.7 Å². The number of rotatable bonds is 7. The Morgan fingerprint density at radius 2 is 1.81 bits per heavy atom. The molecule has 0 aliphatic heterocycles. The van der Waals surface area contributed by atoms with Crippen LogP contribution in [0.5, 0.6) is 5.88 Å². The smallest absolute Gasteiger partial charge is 0.341 e. The lowest BCUT2D eigenvalue weighted by atomic mass is 10.1. The van der Waals surface area contributed by atoms with Gasteiger partial charge in [0.15, 0.2) is 5.11 Å². The average molecular weight is 548 g/mol. The number of aromatic nitrogens is 2. The largest absolute Gasteiger partial charge is 0.481 e. The van der Waals surface area contributed by atoms with Gasteiger partial charge in [0.1, 0.15) is 17.1 Å². The molecule has 3 aromatic rings. The van der Waals surface area contributed by atoms with Crippen LogP contribution < -0.4 is 20.1 Å². The lowest BCUT2D eigenvalue weighted by molar-refractivity contribution is 0.0601. The van der Waals surface area contributed by atoms with Gasteiger partial charge >= 0.3 is 5.97 Å². The lowest BCUT2D eigenvalue weighted by Gasteiger charge is -2.12. The number of anilines is 3. The van der Waals surface area contributed by atoms with E-state index in [2.05, 4.69) is 25.3 Å². The molecule has 0 amide bonds. The number of fused-ring (bicyclic) bond motifs is 1. The summed E-state index contributed by atoms with van der Waals surface area (Å²) >= 11 is 6.98. The summed E-state index contributed by atoms with van der Waals surface area (Å²) in [4.78, 5) is 21.5. The van der Waals surface area contributed by atoms with E-state index in [1.807, 2.05) is 0 Å². The standard InChI is InChI=1S/C23H25N5O5S3/c1-32-19-12-18(24-13-25-19)28-36(30,31)15-10-8-14(9-11-15)26-23(34)27-21-20(22(29)33-2)16-6-4-3-5-7-17(16)35-21/h8-13H,3-7H2,1-2H3,(H,24,25,28)(H2,26,27,34). The van der Waals surface area contributed by atoms with Crippen molar-refractivity contribution in [3.8, 4) is 5.88 Å². The summed E-state index contributed by atoms with van der Waals surface area (Å²) in [7, 11) is -1.08. The zero-order chi connectivity index (χ0) is 25.7. The summed E-state index contributed by atoms with van der Waals surface area (Å²) in [6.07, 6.45) is 6.23. The zero-order valence-corrected chi connectivity index (χ0v) is 22.1. The molecular formula is C23H25N5O5S3. The van der Waals surface area contributed by atoms with E-state index in [9.17, 15) is 13.2 Å². The van der Waals surface area contributed by atoms with E-state index in [1.54, 1.807) is 12.1 Å². The summed E-state index contributed by atoms with van der Waals surface area (Å²) in [6, 6.07) is 7.45. The normalized spacial score (nSPS) is 13.2. The van der Waals surface area contributed by atoms with E-state index in [0.29, 0.717) is 16.3 Å². The zero-order valence-electron chi connectivity index (χ0n) is 19.7. The van der Waals surface area contributed by atoms with Crippen molar-refractivity contribution in [1.82, 2.24) is 9.97 Å².